The molecule has 0 atom stereocenters. The highest BCUT2D eigenvalue weighted by atomic mass is 16.1. The lowest BCUT2D eigenvalue weighted by Gasteiger charge is -2.08. The van der Waals surface area contributed by atoms with E-state index >= 15 is 0 Å². The van der Waals surface area contributed by atoms with Gasteiger partial charge in [-0.3, -0.25) is 9.89 Å². The van der Waals surface area contributed by atoms with E-state index in [0.717, 1.165) is 27.8 Å². The molecule has 2 N–H and O–H groups in total. The molecule has 1 amide bonds. The predicted octanol–water partition coefficient (Wildman–Crippen LogP) is 4.06. The summed E-state index contributed by atoms with van der Waals surface area (Å²) in [6.07, 6.45) is 3.29. The van der Waals surface area contributed by atoms with Gasteiger partial charge in [0.05, 0.1) is 17.4 Å². The average Bonchev–Trinajstić information content (AvgIpc) is 3.45. The fraction of sp³-hybridized carbons (Fsp3) is 0. The monoisotopic (exact) mass is 380 g/mol. The van der Waals surface area contributed by atoms with Crippen LogP contribution in [0.4, 0.5) is 5.69 Å². The lowest BCUT2D eigenvalue weighted by Crippen LogP contribution is -2.11. The Morgan fingerprint density at radius 3 is 2.48 bits per heavy atom. The number of amides is 1. The van der Waals surface area contributed by atoms with Gasteiger partial charge in [0.2, 0.25) is 0 Å². The molecular weight excluding hydrogens is 364 g/mol. The number of nitrogens with one attached hydrogen (secondary N) is 2. The highest BCUT2D eigenvalue weighted by Gasteiger charge is 2.09. The Morgan fingerprint density at radius 2 is 1.72 bits per heavy atom. The highest BCUT2D eigenvalue weighted by molar-refractivity contribution is 6.04. The van der Waals surface area contributed by atoms with Crippen molar-refractivity contribution >= 4 is 22.5 Å². The van der Waals surface area contributed by atoms with Gasteiger partial charge in [0, 0.05) is 22.2 Å². The number of fused-ring (bicyclic) bond motifs is 1. The molecule has 2 aromatic heterocycles. The fourth-order valence-electron chi connectivity index (χ4n) is 3.19. The van der Waals surface area contributed by atoms with Crippen LogP contribution in [-0.4, -0.2) is 30.9 Å². The highest BCUT2D eigenvalue weighted by Crippen LogP contribution is 2.20. The quantitative estimate of drug-likeness (QED) is 0.492. The van der Waals surface area contributed by atoms with Gasteiger partial charge in [0.25, 0.3) is 5.91 Å². The molecule has 0 aliphatic carbocycles. The summed E-state index contributed by atoms with van der Waals surface area (Å²) in [5, 5.41) is 15.1. The lowest BCUT2D eigenvalue weighted by atomic mass is 10.1. The van der Waals surface area contributed by atoms with Crippen LogP contribution in [0.25, 0.3) is 28.0 Å². The summed E-state index contributed by atoms with van der Waals surface area (Å²) < 4.78 is 1.88. The Bertz CT molecular complexity index is 1270. The number of nitrogens with zero attached hydrogens (tertiary/aromatic N) is 4. The second kappa shape index (κ2) is 7.05. The summed E-state index contributed by atoms with van der Waals surface area (Å²) in [5.41, 5.74) is 4.12. The Morgan fingerprint density at radius 1 is 0.931 bits per heavy atom. The van der Waals surface area contributed by atoms with Crippen molar-refractivity contribution in [3.63, 3.8) is 0 Å². The third-order valence-corrected chi connectivity index (χ3v) is 4.68. The van der Waals surface area contributed by atoms with E-state index in [9.17, 15) is 4.79 Å². The number of hydrogen-bond acceptors (Lipinski definition) is 4. The number of carbonyl (C=O) groups excluding carboxylic acids is 1. The smallest absolute Gasteiger partial charge is 0.255 e. The van der Waals surface area contributed by atoms with Crippen LogP contribution in [0.1, 0.15) is 10.4 Å². The van der Waals surface area contributed by atoms with E-state index in [2.05, 4.69) is 25.6 Å². The van der Waals surface area contributed by atoms with Gasteiger partial charge in [-0.25, -0.2) is 9.67 Å². The molecule has 2 heterocycles. The normalized spacial score (nSPS) is 10.9. The first-order valence-electron chi connectivity index (χ1n) is 9.08. The molecule has 29 heavy (non-hydrogen) atoms. The molecule has 0 fully saturated rings. The van der Waals surface area contributed by atoms with Crippen molar-refractivity contribution in [2.45, 2.75) is 0 Å². The molecule has 0 radical (unpaired) electrons. The Balaban J connectivity index is 1.32. The van der Waals surface area contributed by atoms with Gasteiger partial charge in [0.1, 0.15) is 6.33 Å². The topological polar surface area (TPSA) is 88.5 Å². The summed E-state index contributed by atoms with van der Waals surface area (Å²) in [6, 6.07) is 22.8. The third kappa shape index (κ3) is 3.25. The first-order valence-corrected chi connectivity index (χ1v) is 9.08. The zero-order chi connectivity index (χ0) is 19.6. The maximum absolute atomic E-state index is 12.5. The molecule has 0 aliphatic rings. The van der Waals surface area contributed by atoms with Gasteiger partial charge in [-0.2, -0.15) is 10.2 Å². The number of benzene rings is 3. The molecule has 7 heteroatoms. The van der Waals surface area contributed by atoms with Crippen LogP contribution in [0, 0.1) is 0 Å². The number of rotatable bonds is 4. The SMILES string of the molecule is O=C(Nc1ccc(-n2ncc3ccccc32)cc1)c1ccc(-c2ncn[nH]2)cc1. The van der Waals surface area contributed by atoms with Gasteiger partial charge < -0.3 is 5.32 Å². The molecule has 5 aromatic rings. The van der Waals surface area contributed by atoms with Crippen molar-refractivity contribution in [1.82, 2.24) is 25.0 Å². The van der Waals surface area contributed by atoms with Crippen molar-refractivity contribution < 1.29 is 4.79 Å². The van der Waals surface area contributed by atoms with E-state index in [1.54, 1.807) is 12.1 Å². The Labute approximate surface area is 166 Å². The molecule has 140 valence electrons. The predicted molar refractivity (Wildman–Crippen MR) is 111 cm³/mol. The first kappa shape index (κ1) is 16.9. The second-order valence-corrected chi connectivity index (χ2v) is 6.53. The molecule has 0 saturated carbocycles. The largest absolute Gasteiger partial charge is 0.322 e. The zero-order valence-electron chi connectivity index (χ0n) is 15.3. The molecule has 0 saturated heterocycles. The minimum Gasteiger partial charge on any atom is -0.322 e. The number of carbonyl (C=O) groups is 1. The first-order chi connectivity index (χ1) is 14.3. The summed E-state index contributed by atoms with van der Waals surface area (Å²) in [4.78, 5) is 16.6. The molecule has 7 nitrogen and oxygen atoms in total. The molecule has 0 unspecified atom stereocenters. The number of aromatic amines is 1. The van der Waals surface area contributed by atoms with E-state index in [4.69, 9.17) is 0 Å². The van der Waals surface area contributed by atoms with Gasteiger partial charge in [0.15, 0.2) is 5.82 Å². The van der Waals surface area contributed by atoms with Crippen molar-refractivity contribution in [3.8, 4) is 17.1 Å². The summed E-state index contributed by atoms with van der Waals surface area (Å²) >= 11 is 0. The minimum atomic E-state index is -0.175. The van der Waals surface area contributed by atoms with Crippen molar-refractivity contribution in [2.75, 3.05) is 5.32 Å². The summed E-state index contributed by atoms with van der Waals surface area (Å²) in [7, 11) is 0. The van der Waals surface area contributed by atoms with Crippen molar-refractivity contribution in [2.24, 2.45) is 0 Å². The maximum Gasteiger partial charge on any atom is 0.255 e. The number of hydrogen-bond donors (Lipinski definition) is 2. The van der Waals surface area contributed by atoms with Gasteiger partial charge in [-0.1, -0.05) is 30.3 Å². The van der Waals surface area contributed by atoms with Gasteiger partial charge >= 0.3 is 0 Å². The molecule has 3 aromatic carbocycles. The number of aromatic nitrogens is 5. The second-order valence-electron chi connectivity index (χ2n) is 6.53. The van der Waals surface area contributed by atoms with Crippen molar-refractivity contribution in [3.05, 3.63) is 90.9 Å². The summed E-state index contributed by atoms with van der Waals surface area (Å²) in [6.45, 7) is 0. The molecule has 0 spiro atoms. The molecule has 0 bridgehead atoms. The van der Waals surface area contributed by atoms with Crippen LogP contribution in [0.5, 0.6) is 0 Å². The van der Waals surface area contributed by atoms with Gasteiger partial charge in [-0.05, 0) is 42.5 Å². The van der Waals surface area contributed by atoms with Crippen LogP contribution in [0.3, 0.4) is 0 Å². The fourth-order valence-corrected chi connectivity index (χ4v) is 3.19. The van der Waals surface area contributed by atoms with Crippen LogP contribution in [0.2, 0.25) is 0 Å². The average molecular weight is 380 g/mol. The number of anilines is 1. The van der Waals surface area contributed by atoms with E-state index in [1.807, 2.05) is 71.5 Å². The Hall–Kier alpha value is -4.26. The van der Waals surface area contributed by atoms with E-state index in [0.29, 0.717) is 11.4 Å². The lowest BCUT2D eigenvalue weighted by molar-refractivity contribution is 0.102. The van der Waals surface area contributed by atoms with E-state index in [-0.39, 0.29) is 5.91 Å². The van der Waals surface area contributed by atoms with Crippen LogP contribution >= 0.6 is 0 Å². The minimum absolute atomic E-state index is 0.175. The maximum atomic E-state index is 12.5. The molecule has 0 aliphatic heterocycles. The van der Waals surface area contributed by atoms with E-state index in [1.165, 1.54) is 6.33 Å². The van der Waals surface area contributed by atoms with Crippen molar-refractivity contribution in [1.29, 1.82) is 0 Å². The van der Waals surface area contributed by atoms with E-state index < -0.39 is 0 Å². The zero-order valence-corrected chi connectivity index (χ0v) is 15.3. The Kier molecular flexibility index (Phi) is 4.10. The number of para-hydroxylation sites is 1. The third-order valence-electron chi connectivity index (χ3n) is 4.68. The van der Waals surface area contributed by atoms with Crippen LogP contribution < -0.4 is 5.32 Å². The molecule has 5 rings (SSSR count). The number of H-pyrrole nitrogens is 1. The summed E-state index contributed by atoms with van der Waals surface area (Å²) in [5.74, 6) is 0.491. The standard InChI is InChI=1S/C22H16N6O/c29-22(16-7-5-15(6-8-16)21-23-14-24-27-21)26-18-9-11-19(12-10-18)28-20-4-2-1-3-17(20)13-25-28/h1-14H,(H,26,29)(H,23,24,27). The molecular formula is C22H16N6O. The van der Waals surface area contributed by atoms with Crippen LogP contribution in [0.15, 0.2) is 85.3 Å². The van der Waals surface area contributed by atoms with Gasteiger partial charge in [-0.15, -0.1) is 0 Å². The van der Waals surface area contributed by atoms with Crippen LogP contribution in [-0.2, 0) is 0 Å².